The molecular weight excluding hydrogens is 670 g/mol. The smallest absolute Gasteiger partial charge is 0.228 e. The third-order valence-electron chi connectivity index (χ3n) is 7.16. The zero-order valence-electron chi connectivity index (χ0n) is 24.4. The van der Waals surface area contributed by atoms with E-state index >= 15 is 0 Å². The molecule has 0 aromatic heterocycles. The fourth-order valence-corrected chi connectivity index (χ4v) is 5.15. The van der Waals surface area contributed by atoms with Crippen LogP contribution in [0.15, 0.2) is 53.5 Å². The molecule has 5 rings (SSSR count). The van der Waals surface area contributed by atoms with Crippen LogP contribution < -0.4 is 19.1 Å². The van der Waals surface area contributed by atoms with Crippen molar-refractivity contribution in [3.8, 4) is 17.2 Å². The van der Waals surface area contributed by atoms with Crippen LogP contribution in [0, 0.1) is 27.7 Å². The molecule has 7 nitrogen and oxygen atoms in total. The molecule has 216 valence electrons. The summed E-state index contributed by atoms with van der Waals surface area (Å²) in [5.74, 6) is 2.02. The number of hydrogen-bond acceptors (Lipinski definition) is 7. The van der Waals surface area contributed by atoms with E-state index in [9.17, 15) is 0 Å². The summed E-state index contributed by atoms with van der Waals surface area (Å²) >= 11 is 0. The monoisotopic (exact) mass is 708 g/mol. The molecule has 3 aromatic rings. The zero-order valence-corrected chi connectivity index (χ0v) is 30.0. The molecule has 2 radical (unpaired) electrons. The van der Waals surface area contributed by atoms with Gasteiger partial charge in [-0.15, -0.1) is 0 Å². The van der Waals surface area contributed by atoms with E-state index in [-0.39, 0.29) is 70.8 Å². The molecule has 0 saturated heterocycles. The van der Waals surface area contributed by atoms with Crippen molar-refractivity contribution in [1.29, 1.82) is 0 Å². The Labute approximate surface area is 295 Å². The molecule has 2 aliphatic rings. The van der Waals surface area contributed by atoms with Gasteiger partial charge in [-0.25, -0.2) is 0 Å². The number of fused-ring (bicyclic) bond motifs is 4. The van der Waals surface area contributed by atoms with Gasteiger partial charge in [-0.3, -0.25) is 4.99 Å². The average Bonchev–Trinajstić information content (AvgIpc) is 3.10. The predicted molar refractivity (Wildman–Crippen MR) is 157 cm³/mol. The van der Waals surface area contributed by atoms with Gasteiger partial charge in [0.2, 0.25) is 5.72 Å². The summed E-state index contributed by atoms with van der Waals surface area (Å²) in [6.45, 7) is 21.8. The predicted octanol–water partition coefficient (Wildman–Crippen LogP) is 6.17. The van der Waals surface area contributed by atoms with E-state index in [1.54, 1.807) is 0 Å². The second-order valence-corrected chi connectivity index (χ2v) is 9.61. The Bertz CT molecular complexity index is 1310. The van der Waals surface area contributed by atoms with Crippen molar-refractivity contribution in [2.75, 3.05) is 51.6 Å². The van der Waals surface area contributed by atoms with Gasteiger partial charge in [-0.2, -0.15) is 0 Å². The number of rotatable bonds is 9. The Morgan fingerprint density at radius 3 is 2.02 bits per heavy atom. The number of ether oxygens (including phenoxy) is 5. The summed E-state index contributed by atoms with van der Waals surface area (Å²) < 4.78 is 27.9. The van der Waals surface area contributed by atoms with Gasteiger partial charge in [-0.1, -0.05) is 37.5 Å². The number of anilines is 1. The van der Waals surface area contributed by atoms with E-state index in [0.717, 1.165) is 27.9 Å². The van der Waals surface area contributed by atoms with Crippen molar-refractivity contribution in [3.63, 3.8) is 0 Å². The van der Waals surface area contributed by atoms with Gasteiger partial charge in [-0.05, 0) is 62.3 Å². The second-order valence-electron chi connectivity index (χ2n) is 9.61. The quantitative estimate of drug-likeness (QED) is 0.196. The van der Waals surface area contributed by atoms with Crippen LogP contribution in [0.5, 0.6) is 17.2 Å². The molecule has 0 fully saturated rings. The molecule has 0 saturated carbocycles. The first-order valence-corrected chi connectivity index (χ1v) is 13.1. The maximum atomic E-state index is 6.76. The average molecular weight is 708 g/mol. The van der Waals surface area contributed by atoms with E-state index in [1.165, 1.54) is 5.56 Å². The fraction of sp³-hybridized carbons (Fsp3) is 0.344. The minimum Gasteiger partial charge on any atom is -0.522 e. The van der Waals surface area contributed by atoms with Crippen LogP contribution in [0.4, 0.5) is 11.4 Å². The van der Waals surface area contributed by atoms with Gasteiger partial charge in [0, 0.05) is 83.5 Å². The summed E-state index contributed by atoms with van der Waals surface area (Å²) in [5, 5.41) is 1.94. The van der Waals surface area contributed by atoms with Gasteiger partial charge in [0.15, 0.2) is 11.5 Å². The van der Waals surface area contributed by atoms with Crippen LogP contribution in [0.2, 0.25) is 0 Å². The van der Waals surface area contributed by atoms with Crippen molar-refractivity contribution in [2.45, 2.75) is 25.0 Å². The Morgan fingerprint density at radius 2 is 1.44 bits per heavy atom. The Balaban J connectivity index is 0.000000520. The van der Waals surface area contributed by atoms with E-state index in [0.29, 0.717) is 51.1 Å². The molecule has 1 unspecified atom stereocenters. The van der Waals surface area contributed by atoms with Gasteiger partial charge in [0.1, 0.15) is 11.4 Å². The Morgan fingerprint density at radius 1 is 0.829 bits per heavy atom. The number of benzene rings is 3. The van der Waals surface area contributed by atoms with Crippen LogP contribution in [-0.4, -0.2) is 58.6 Å². The van der Waals surface area contributed by atoms with Crippen LogP contribution in [0.1, 0.15) is 19.4 Å². The summed E-state index contributed by atoms with van der Waals surface area (Å²) in [7, 11) is 2.06. The molecule has 9 heteroatoms. The minimum absolute atomic E-state index is 0. The summed E-state index contributed by atoms with van der Waals surface area (Å²) in [6.07, 6.45) is 1.94. The first kappa shape index (κ1) is 36.1. The van der Waals surface area contributed by atoms with Crippen molar-refractivity contribution in [1.82, 2.24) is 0 Å². The van der Waals surface area contributed by atoms with Crippen molar-refractivity contribution in [3.05, 3.63) is 81.8 Å². The van der Waals surface area contributed by atoms with E-state index < -0.39 is 5.72 Å². The molecule has 0 aliphatic carbocycles. The second kappa shape index (κ2) is 16.1. The maximum absolute atomic E-state index is 6.76. The van der Waals surface area contributed by atoms with Crippen molar-refractivity contribution < 1.29 is 89.1 Å². The molecule has 0 bridgehead atoms. The van der Waals surface area contributed by atoms with Crippen LogP contribution >= 0.6 is 0 Å². The van der Waals surface area contributed by atoms with Crippen molar-refractivity contribution >= 4 is 28.4 Å². The molecule has 0 N–H and O–H groups in total. The molecule has 1 spiro atoms. The summed E-state index contributed by atoms with van der Waals surface area (Å²) in [6, 6.07) is 16.3. The molecular formula is C32H38N2O5Y2-4. The number of hydrogen-bond donors (Lipinski definition) is 0. The number of nitrogens with zero attached hydrogens (tertiary/aromatic N) is 2. The minimum atomic E-state index is -0.707. The Kier molecular flexibility index (Phi) is 14.2. The maximum Gasteiger partial charge on any atom is 0.228 e. The molecule has 2 aliphatic heterocycles. The number of para-hydroxylation sites is 1. The molecule has 2 heterocycles. The first-order valence-electron chi connectivity index (χ1n) is 13.1. The third kappa shape index (κ3) is 7.19. The summed E-state index contributed by atoms with van der Waals surface area (Å²) in [4.78, 5) is 7.13. The van der Waals surface area contributed by atoms with Crippen molar-refractivity contribution in [2.24, 2.45) is 4.99 Å². The SMILES string of the molecule is [CH2-]COCCOC[CH2-].[CH2-]COc1cc2ccc3c(c2cc1OC[CH2-])N=CC1(O3)N(C)c2ccccc2C1(C)C.[Y].[Y]. The molecule has 0 amide bonds. The molecule has 1 atom stereocenters. The number of likely N-dealkylation sites (N-methyl/N-ethyl adjacent to an activating group) is 1. The first-order chi connectivity index (χ1) is 18.8. The van der Waals surface area contributed by atoms with E-state index in [1.807, 2.05) is 30.5 Å². The molecule has 41 heavy (non-hydrogen) atoms. The standard InChI is InChI=1S/C26H26N2O3.C6H12O2.2Y/c1-6-29-22-14-17-12-13-21-24(18(17)15-23(22)30-7-2)27-16-26(31-21)25(3,4)19-10-8-9-11-20(19)28(26)5;1-3-7-5-6-8-4-2;;/h8-16H,1-2,6-7H2,3-5H3;1-6H2;;/q2*-2;;. The molecule has 3 aromatic carbocycles. The van der Waals surface area contributed by atoms with Gasteiger partial charge in [0.05, 0.1) is 24.8 Å². The Hall–Kier alpha value is -1.08. The zero-order chi connectivity index (χ0) is 28.0. The largest absolute Gasteiger partial charge is 0.522 e. The van der Waals surface area contributed by atoms with Crippen LogP contribution in [-0.2, 0) is 80.3 Å². The van der Waals surface area contributed by atoms with Gasteiger partial charge < -0.3 is 56.3 Å². The van der Waals surface area contributed by atoms with Gasteiger partial charge >= 0.3 is 0 Å². The van der Waals surface area contributed by atoms with Crippen LogP contribution in [0.25, 0.3) is 10.8 Å². The van der Waals surface area contributed by atoms with E-state index in [2.05, 4.69) is 77.8 Å². The van der Waals surface area contributed by atoms with Crippen LogP contribution in [0.3, 0.4) is 0 Å². The van der Waals surface area contributed by atoms with E-state index in [4.69, 9.17) is 28.7 Å². The summed E-state index contributed by atoms with van der Waals surface area (Å²) in [5.41, 5.74) is 2.20. The van der Waals surface area contributed by atoms with Gasteiger partial charge in [0.25, 0.3) is 0 Å². The fourth-order valence-electron chi connectivity index (χ4n) is 5.15. The normalized spacial score (nSPS) is 17.4. The topological polar surface area (TPSA) is 61.8 Å². The third-order valence-corrected chi connectivity index (χ3v) is 7.16. The number of aliphatic imine (C=N–C) groups is 1.